The molecule has 0 aliphatic rings. The molecule has 0 radical (unpaired) electrons. The molecule has 0 saturated heterocycles. The SMILES string of the molecule is CCCOc1c(Cl)cc(C(=O)Nc2ccc3nc(C)sc3c2)cc1OCC. The van der Waals surface area contributed by atoms with E-state index in [0.717, 1.165) is 21.6 Å². The van der Waals surface area contributed by atoms with E-state index >= 15 is 0 Å². The van der Waals surface area contributed by atoms with E-state index < -0.39 is 0 Å². The topological polar surface area (TPSA) is 60.5 Å². The number of ether oxygens (including phenoxy) is 2. The average molecular weight is 405 g/mol. The van der Waals surface area contributed by atoms with Crippen LogP contribution in [0.5, 0.6) is 11.5 Å². The van der Waals surface area contributed by atoms with Crippen LogP contribution in [0.2, 0.25) is 5.02 Å². The van der Waals surface area contributed by atoms with E-state index in [-0.39, 0.29) is 5.91 Å². The molecule has 3 rings (SSSR count). The lowest BCUT2D eigenvalue weighted by Crippen LogP contribution is -2.12. The van der Waals surface area contributed by atoms with Crippen LogP contribution in [0.4, 0.5) is 5.69 Å². The first-order valence-corrected chi connectivity index (χ1v) is 9.99. The third-order valence-electron chi connectivity index (χ3n) is 3.78. The normalized spacial score (nSPS) is 10.8. The smallest absolute Gasteiger partial charge is 0.255 e. The summed E-state index contributed by atoms with van der Waals surface area (Å²) in [6, 6.07) is 8.91. The van der Waals surface area contributed by atoms with Gasteiger partial charge in [-0.15, -0.1) is 11.3 Å². The molecule has 1 N–H and O–H groups in total. The van der Waals surface area contributed by atoms with Crippen LogP contribution in [-0.2, 0) is 0 Å². The summed E-state index contributed by atoms with van der Waals surface area (Å²) in [6.45, 7) is 6.82. The standard InChI is InChI=1S/C20H21ClN2O3S/c1-4-8-26-19-15(21)9-13(10-17(19)25-5-2)20(24)23-14-6-7-16-18(11-14)27-12(3)22-16/h6-7,9-11H,4-5,8H2,1-3H3,(H,23,24). The van der Waals surface area contributed by atoms with Crippen LogP contribution in [0, 0.1) is 6.92 Å². The summed E-state index contributed by atoms with van der Waals surface area (Å²) in [6.07, 6.45) is 0.851. The van der Waals surface area contributed by atoms with Gasteiger partial charge in [-0.25, -0.2) is 4.98 Å². The third kappa shape index (κ3) is 4.51. The fraction of sp³-hybridized carbons (Fsp3) is 0.300. The van der Waals surface area contributed by atoms with Crippen molar-refractivity contribution >= 4 is 44.7 Å². The van der Waals surface area contributed by atoms with Crippen molar-refractivity contribution < 1.29 is 14.3 Å². The van der Waals surface area contributed by atoms with Gasteiger partial charge in [-0.1, -0.05) is 18.5 Å². The lowest BCUT2D eigenvalue weighted by atomic mass is 10.1. The van der Waals surface area contributed by atoms with Crippen LogP contribution < -0.4 is 14.8 Å². The summed E-state index contributed by atoms with van der Waals surface area (Å²) in [7, 11) is 0. The van der Waals surface area contributed by atoms with E-state index in [2.05, 4.69) is 10.3 Å². The number of amides is 1. The molecular weight excluding hydrogens is 384 g/mol. The first-order valence-electron chi connectivity index (χ1n) is 8.79. The number of anilines is 1. The van der Waals surface area contributed by atoms with E-state index in [1.807, 2.05) is 39.0 Å². The molecule has 0 unspecified atom stereocenters. The number of fused-ring (bicyclic) bond motifs is 1. The van der Waals surface area contributed by atoms with Gasteiger partial charge in [-0.05, 0) is 50.6 Å². The van der Waals surface area contributed by atoms with Crippen molar-refractivity contribution in [2.75, 3.05) is 18.5 Å². The lowest BCUT2D eigenvalue weighted by Gasteiger charge is -2.15. The lowest BCUT2D eigenvalue weighted by molar-refractivity contribution is 0.102. The zero-order chi connectivity index (χ0) is 19.4. The second kappa shape index (κ2) is 8.59. The average Bonchev–Trinajstić information content (AvgIpc) is 3.00. The highest BCUT2D eigenvalue weighted by Crippen LogP contribution is 2.37. The summed E-state index contributed by atoms with van der Waals surface area (Å²) in [5.74, 6) is 0.677. The Morgan fingerprint density at radius 2 is 2.04 bits per heavy atom. The van der Waals surface area contributed by atoms with E-state index in [1.54, 1.807) is 23.5 Å². The second-order valence-corrected chi connectivity index (χ2v) is 7.58. The molecule has 1 heterocycles. The molecule has 2 aromatic carbocycles. The number of aromatic nitrogens is 1. The van der Waals surface area contributed by atoms with Crippen molar-refractivity contribution in [1.82, 2.24) is 4.98 Å². The molecule has 27 heavy (non-hydrogen) atoms. The Kier molecular flexibility index (Phi) is 6.19. The van der Waals surface area contributed by atoms with E-state index in [0.29, 0.717) is 41.0 Å². The summed E-state index contributed by atoms with van der Waals surface area (Å²) in [5, 5.41) is 4.25. The maximum atomic E-state index is 12.7. The number of rotatable bonds is 7. The van der Waals surface area contributed by atoms with Crippen LogP contribution in [-0.4, -0.2) is 24.1 Å². The van der Waals surface area contributed by atoms with Crippen LogP contribution in [0.3, 0.4) is 0 Å². The number of nitrogens with zero attached hydrogens (tertiary/aromatic N) is 1. The van der Waals surface area contributed by atoms with Gasteiger partial charge < -0.3 is 14.8 Å². The minimum absolute atomic E-state index is 0.263. The van der Waals surface area contributed by atoms with Crippen molar-refractivity contribution in [1.29, 1.82) is 0 Å². The minimum Gasteiger partial charge on any atom is -0.490 e. The number of halogens is 1. The Bertz CT molecular complexity index is 971. The van der Waals surface area contributed by atoms with Crippen LogP contribution >= 0.6 is 22.9 Å². The molecule has 0 spiro atoms. The first-order chi connectivity index (χ1) is 13.0. The molecule has 5 nitrogen and oxygen atoms in total. The van der Waals surface area contributed by atoms with Crippen LogP contribution in [0.15, 0.2) is 30.3 Å². The van der Waals surface area contributed by atoms with Crippen LogP contribution in [0.1, 0.15) is 35.6 Å². The minimum atomic E-state index is -0.263. The maximum Gasteiger partial charge on any atom is 0.255 e. The molecule has 142 valence electrons. The largest absolute Gasteiger partial charge is 0.490 e. The van der Waals surface area contributed by atoms with Gasteiger partial charge in [-0.2, -0.15) is 0 Å². The number of benzene rings is 2. The molecule has 1 amide bonds. The van der Waals surface area contributed by atoms with E-state index in [9.17, 15) is 4.79 Å². The van der Waals surface area contributed by atoms with Gasteiger partial charge in [0.2, 0.25) is 0 Å². The molecule has 0 atom stereocenters. The molecule has 0 aliphatic carbocycles. The van der Waals surface area contributed by atoms with Crippen molar-refractivity contribution in [3.8, 4) is 11.5 Å². The highest BCUT2D eigenvalue weighted by atomic mass is 35.5. The molecule has 3 aromatic rings. The van der Waals surface area contributed by atoms with Gasteiger partial charge in [0.15, 0.2) is 11.5 Å². The number of thiazole rings is 1. The highest BCUT2D eigenvalue weighted by Gasteiger charge is 2.17. The Morgan fingerprint density at radius 1 is 1.22 bits per heavy atom. The Labute approximate surface area is 167 Å². The monoisotopic (exact) mass is 404 g/mol. The summed E-state index contributed by atoms with van der Waals surface area (Å²) < 4.78 is 12.3. The van der Waals surface area contributed by atoms with E-state index in [1.165, 1.54) is 0 Å². The predicted molar refractivity (Wildman–Crippen MR) is 111 cm³/mol. The molecule has 0 fully saturated rings. The predicted octanol–water partition coefficient (Wildman–Crippen LogP) is 5.70. The number of aryl methyl sites for hydroxylation is 1. The quantitative estimate of drug-likeness (QED) is 0.548. The van der Waals surface area contributed by atoms with E-state index in [4.69, 9.17) is 21.1 Å². The van der Waals surface area contributed by atoms with Crippen molar-refractivity contribution in [3.05, 3.63) is 45.9 Å². The molecule has 7 heteroatoms. The number of hydrogen-bond donors (Lipinski definition) is 1. The fourth-order valence-corrected chi connectivity index (χ4v) is 3.76. The van der Waals surface area contributed by atoms with Gasteiger partial charge in [0.05, 0.1) is 33.5 Å². The van der Waals surface area contributed by atoms with Gasteiger partial charge >= 0.3 is 0 Å². The molecular formula is C20H21ClN2O3S. The third-order valence-corrected chi connectivity index (χ3v) is 4.99. The summed E-state index contributed by atoms with van der Waals surface area (Å²) in [4.78, 5) is 17.1. The van der Waals surface area contributed by atoms with Crippen molar-refractivity contribution in [2.45, 2.75) is 27.2 Å². The summed E-state index contributed by atoms with van der Waals surface area (Å²) in [5.41, 5.74) is 2.04. The number of hydrogen-bond acceptors (Lipinski definition) is 5. The molecule has 0 aliphatic heterocycles. The van der Waals surface area contributed by atoms with Gasteiger partial charge in [-0.3, -0.25) is 4.79 Å². The Balaban J connectivity index is 1.86. The van der Waals surface area contributed by atoms with Crippen LogP contribution in [0.25, 0.3) is 10.2 Å². The zero-order valence-electron chi connectivity index (χ0n) is 15.5. The highest BCUT2D eigenvalue weighted by molar-refractivity contribution is 7.18. The maximum absolute atomic E-state index is 12.7. The number of carbonyl (C=O) groups is 1. The molecule has 0 saturated carbocycles. The number of nitrogens with one attached hydrogen (secondary N) is 1. The van der Waals surface area contributed by atoms with Gasteiger partial charge in [0, 0.05) is 11.3 Å². The van der Waals surface area contributed by atoms with Crippen molar-refractivity contribution in [2.24, 2.45) is 0 Å². The summed E-state index contributed by atoms with van der Waals surface area (Å²) >= 11 is 7.93. The molecule has 0 bridgehead atoms. The second-order valence-electron chi connectivity index (χ2n) is 5.94. The Morgan fingerprint density at radius 3 is 2.78 bits per heavy atom. The first kappa shape index (κ1) is 19.5. The van der Waals surface area contributed by atoms with Gasteiger partial charge in [0.25, 0.3) is 5.91 Å². The number of carbonyl (C=O) groups excluding carboxylic acids is 1. The fourth-order valence-electron chi connectivity index (χ4n) is 2.63. The van der Waals surface area contributed by atoms with Gasteiger partial charge in [0.1, 0.15) is 0 Å². The zero-order valence-corrected chi connectivity index (χ0v) is 17.0. The molecule has 1 aromatic heterocycles. The Hall–Kier alpha value is -2.31. The van der Waals surface area contributed by atoms with Crippen molar-refractivity contribution in [3.63, 3.8) is 0 Å².